The minimum Gasteiger partial charge on any atom is -0.481 e. The number of carboxylic acid groups (broad SMARTS) is 1. The van der Waals surface area contributed by atoms with Crippen LogP contribution in [0.25, 0.3) is 0 Å². The number of likely N-dealkylation sites (tertiary alicyclic amines) is 1. The number of nitrogens with zero attached hydrogens (tertiary/aromatic N) is 3. The Bertz CT molecular complexity index is 428. The van der Waals surface area contributed by atoms with E-state index in [2.05, 4.69) is 14.5 Å². The van der Waals surface area contributed by atoms with Gasteiger partial charge in [-0.05, 0) is 45.8 Å². The van der Waals surface area contributed by atoms with Crippen LogP contribution in [0.1, 0.15) is 25.0 Å². The SMILES string of the molecule is Cc1cn(CCCN2CCCC2)c(SCC(=O)O)n1. The van der Waals surface area contributed by atoms with E-state index in [1.54, 1.807) is 0 Å². The number of carboxylic acids is 1. The van der Waals surface area contributed by atoms with Crippen molar-refractivity contribution in [3.63, 3.8) is 0 Å². The number of rotatable bonds is 7. The molecule has 0 spiro atoms. The van der Waals surface area contributed by atoms with Crippen LogP contribution in [-0.4, -0.2) is 50.9 Å². The van der Waals surface area contributed by atoms with Gasteiger partial charge in [0.15, 0.2) is 5.16 Å². The predicted molar refractivity (Wildman–Crippen MR) is 75.6 cm³/mol. The van der Waals surface area contributed by atoms with Gasteiger partial charge in [0, 0.05) is 12.7 Å². The zero-order valence-corrected chi connectivity index (χ0v) is 12.2. The molecule has 106 valence electrons. The summed E-state index contributed by atoms with van der Waals surface area (Å²) in [7, 11) is 0. The topological polar surface area (TPSA) is 58.4 Å². The van der Waals surface area contributed by atoms with Crippen molar-refractivity contribution in [1.82, 2.24) is 14.5 Å². The van der Waals surface area contributed by atoms with Gasteiger partial charge in [-0.15, -0.1) is 0 Å². The lowest BCUT2D eigenvalue weighted by Crippen LogP contribution is -2.21. The summed E-state index contributed by atoms with van der Waals surface area (Å²) in [5, 5.41) is 9.55. The molecule has 5 nitrogen and oxygen atoms in total. The molecule has 0 amide bonds. The van der Waals surface area contributed by atoms with Crippen LogP contribution < -0.4 is 0 Å². The fraction of sp³-hybridized carbons (Fsp3) is 0.692. The molecule has 0 saturated carbocycles. The van der Waals surface area contributed by atoms with Crippen LogP contribution in [0.15, 0.2) is 11.4 Å². The Balaban J connectivity index is 1.82. The van der Waals surface area contributed by atoms with Gasteiger partial charge in [0.05, 0.1) is 11.4 Å². The molecule has 1 aromatic heterocycles. The number of aliphatic carboxylic acids is 1. The maximum atomic E-state index is 10.6. The zero-order valence-electron chi connectivity index (χ0n) is 11.3. The maximum Gasteiger partial charge on any atom is 0.313 e. The standard InChI is InChI=1S/C13H21N3O2S/c1-11-9-16(13(14-11)19-10-12(17)18)8-4-7-15-5-2-3-6-15/h9H,2-8,10H2,1H3,(H,17,18). The molecule has 1 aromatic rings. The average Bonchev–Trinajstić information content (AvgIpc) is 2.97. The second-order valence-corrected chi connectivity index (χ2v) is 5.89. The zero-order chi connectivity index (χ0) is 13.7. The van der Waals surface area contributed by atoms with Gasteiger partial charge >= 0.3 is 5.97 Å². The summed E-state index contributed by atoms with van der Waals surface area (Å²) in [6, 6.07) is 0. The summed E-state index contributed by atoms with van der Waals surface area (Å²) in [4.78, 5) is 17.5. The largest absolute Gasteiger partial charge is 0.481 e. The van der Waals surface area contributed by atoms with E-state index in [0.717, 1.165) is 30.4 Å². The van der Waals surface area contributed by atoms with Crippen molar-refractivity contribution in [2.24, 2.45) is 0 Å². The number of aryl methyl sites for hydroxylation is 2. The molecule has 2 rings (SSSR count). The summed E-state index contributed by atoms with van der Waals surface area (Å²) in [5.41, 5.74) is 0.953. The van der Waals surface area contributed by atoms with Crippen molar-refractivity contribution in [3.05, 3.63) is 11.9 Å². The van der Waals surface area contributed by atoms with Gasteiger partial charge in [0.2, 0.25) is 0 Å². The van der Waals surface area contributed by atoms with E-state index >= 15 is 0 Å². The van der Waals surface area contributed by atoms with Crippen molar-refractivity contribution in [1.29, 1.82) is 0 Å². The van der Waals surface area contributed by atoms with Crippen LogP contribution in [0.5, 0.6) is 0 Å². The number of aromatic nitrogens is 2. The molecule has 6 heteroatoms. The number of thioether (sulfide) groups is 1. The molecule has 0 radical (unpaired) electrons. The summed E-state index contributed by atoms with van der Waals surface area (Å²) in [5.74, 6) is -0.725. The van der Waals surface area contributed by atoms with Crippen LogP contribution in [-0.2, 0) is 11.3 Å². The third-order valence-electron chi connectivity index (χ3n) is 3.26. The Hall–Kier alpha value is -1.01. The molecule has 1 aliphatic heterocycles. The first-order chi connectivity index (χ1) is 9.15. The highest BCUT2D eigenvalue weighted by Crippen LogP contribution is 2.18. The van der Waals surface area contributed by atoms with E-state index in [-0.39, 0.29) is 5.75 Å². The molecule has 0 aliphatic carbocycles. The first kappa shape index (κ1) is 14.4. The van der Waals surface area contributed by atoms with E-state index in [4.69, 9.17) is 5.11 Å². The third kappa shape index (κ3) is 4.54. The normalized spacial score (nSPS) is 16.1. The molecule has 1 saturated heterocycles. The van der Waals surface area contributed by atoms with Gasteiger partial charge in [0.1, 0.15) is 0 Å². The van der Waals surface area contributed by atoms with Crippen molar-refractivity contribution in [3.8, 4) is 0 Å². The van der Waals surface area contributed by atoms with Gasteiger partial charge in [-0.2, -0.15) is 0 Å². The van der Waals surface area contributed by atoms with Gasteiger partial charge in [-0.3, -0.25) is 4.79 Å². The van der Waals surface area contributed by atoms with Crippen molar-refractivity contribution < 1.29 is 9.90 Å². The predicted octanol–water partition coefficient (Wildman–Crippen LogP) is 1.85. The first-order valence-electron chi connectivity index (χ1n) is 6.76. The molecule has 19 heavy (non-hydrogen) atoms. The van der Waals surface area contributed by atoms with Crippen LogP contribution in [0, 0.1) is 6.92 Å². The summed E-state index contributed by atoms with van der Waals surface area (Å²) < 4.78 is 2.08. The van der Waals surface area contributed by atoms with E-state index in [1.165, 1.54) is 37.7 Å². The van der Waals surface area contributed by atoms with Gasteiger partial charge in [-0.1, -0.05) is 11.8 Å². The molecule has 0 unspecified atom stereocenters. The Morgan fingerprint density at radius 1 is 1.42 bits per heavy atom. The van der Waals surface area contributed by atoms with Gasteiger partial charge in [-0.25, -0.2) is 4.98 Å². The lowest BCUT2D eigenvalue weighted by molar-refractivity contribution is -0.133. The van der Waals surface area contributed by atoms with E-state index in [0.29, 0.717) is 0 Å². The molecule has 0 atom stereocenters. The Morgan fingerprint density at radius 3 is 2.84 bits per heavy atom. The lowest BCUT2D eigenvalue weighted by atomic mass is 10.4. The van der Waals surface area contributed by atoms with E-state index < -0.39 is 5.97 Å². The molecule has 1 aliphatic rings. The summed E-state index contributed by atoms with van der Waals surface area (Å²) in [6.45, 7) is 6.44. The second-order valence-electron chi connectivity index (χ2n) is 4.94. The highest BCUT2D eigenvalue weighted by atomic mass is 32.2. The minimum absolute atomic E-state index is 0.0720. The van der Waals surface area contributed by atoms with Crippen LogP contribution in [0.2, 0.25) is 0 Å². The highest BCUT2D eigenvalue weighted by molar-refractivity contribution is 7.99. The Labute approximate surface area is 118 Å². The van der Waals surface area contributed by atoms with Gasteiger partial charge in [0.25, 0.3) is 0 Å². The number of carbonyl (C=O) groups is 1. The van der Waals surface area contributed by atoms with Crippen molar-refractivity contribution in [2.75, 3.05) is 25.4 Å². The third-order valence-corrected chi connectivity index (χ3v) is 4.23. The van der Waals surface area contributed by atoms with Crippen LogP contribution in [0.4, 0.5) is 0 Å². The quantitative estimate of drug-likeness (QED) is 0.774. The van der Waals surface area contributed by atoms with Gasteiger partial charge < -0.3 is 14.6 Å². The summed E-state index contributed by atoms with van der Waals surface area (Å²) >= 11 is 1.30. The van der Waals surface area contributed by atoms with Crippen molar-refractivity contribution in [2.45, 2.75) is 37.9 Å². The fourth-order valence-electron chi connectivity index (χ4n) is 2.40. The van der Waals surface area contributed by atoms with Crippen LogP contribution in [0.3, 0.4) is 0 Å². The molecular formula is C13H21N3O2S. The lowest BCUT2D eigenvalue weighted by Gasteiger charge is -2.14. The molecule has 0 bridgehead atoms. The fourth-order valence-corrected chi connectivity index (χ4v) is 3.17. The van der Waals surface area contributed by atoms with E-state index in [9.17, 15) is 4.79 Å². The maximum absolute atomic E-state index is 10.6. The second kappa shape index (κ2) is 6.96. The highest BCUT2D eigenvalue weighted by Gasteiger charge is 2.12. The van der Waals surface area contributed by atoms with Crippen LogP contribution >= 0.6 is 11.8 Å². The van der Waals surface area contributed by atoms with E-state index in [1.807, 2.05) is 13.1 Å². The number of imidazole rings is 1. The molecule has 0 aromatic carbocycles. The monoisotopic (exact) mass is 283 g/mol. The Kier molecular flexibility index (Phi) is 5.27. The summed E-state index contributed by atoms with van der Waals surface area (Å²) in [6.07, 6.45) is 5.75. The number of hydrogen-bond donors (Lipinski definition) is 1. The van der Waals surface area contributed by atoms with Crippen molar-refractivity contribution >= 4 is 17.7 Å². The molecular weight excluding hydrogens is 262 g/mol. The smallest absolute Gasteiger partial charge is 0.313 e. The Morgan fingerprint density at radius 2 is 2.16 bits per heavy atom. The molecule has 1 N–H and O–H groups in total. The average molecular weight is 283 g/mol. The minimum atomic E-state index is -0.797. The first-order valence-corrected chi connectivity index (χ1v) is 7.74. The number of hydrogen-bond acceptors (Lipinski definition) is 4. The molecule has 1 fully saturated rings. The molecule has 2 heterocycles.